The lowest BCUT2D eigenvalue weighted by Gasteiger charge is -2.21. The van der Waals surface area contributed by atoms with Gasteiger partial charge in [-0.1, -0.05) is 40.5 Å². The van der Waals surface area contributed by atoms with Crippen molar-refractivity contribution in [2.75, 3.05) is 31.5 Å². The summed E-state index contributed by atoms with van der Waals surface area (Å²) in [5.41, 5.74) is 1.20. The largest absolute Gasteiger partial charge is 0.457 e. The van der Waals surface area contributed by atoms with Gasteiger partial charge in [0.15, 0.2) is 5.82 Å². The number of fused-ring (bicyclic) bond motifs is 1. The minimum absolute atomic E-state index is 0.186. The summed E-state index contributed by atoms with van der Waals surface area (Å²) >= 11 is 11.9. The fourth-order valence-corrected chi connectivity index (χ4v) is 4.72. The molecule has 2 saturated heterocycles. The molecular formula is C23H22Cl2N4O3. The molecule has 0 bridgehead atoms. The van der Waals surface area contributed by atoms with Crippen molar-refractivity contribution in [3.63, 3.8) is 0 Å². The molecule has 3 heterocycles. The van der Waals surface area contributed by atoms with Gasteiger partial charge < -0.3 is 14.2 Å². The van der Waals surface area contributed by atoms with Gasteiger partial charge in [0.1, 0.15) is 22.8 Å². The number of carbonyl (C=O) groups excluding carboxylic acids is 1. The highest BCUT2D eigenvalue weighted by Gasteiger charge is 2.41. The van der Waals surface area contributed by atoms with E-state index in [9.17, 15) is 4.79 Å². The Morgan fingerprint density at radius 3 is 2.50 bits per heavy atom. The molecule has 2 aliphatic rings. The zero-order valence-electron chi connectivity index (χ0n) is 17.2. The lowest BCUT2D eigenvalue weighted by atomic mass is 10.0. The minimum atomic E-state index is -0.186. The van der Waals surface area contributed by atoms with Gasteiger partial charge >= 0.3 is 6.03 Å². The van der Waals surface area contributed by atoms with E-state index in [1.165, 1.54) is 11.8 Å². The average molecular weight is 473 g/mol. The topological polar surface area (TPSA) is 70.8 Å². The highest BCUT2D eigenvalue weighted by molar-refractivity contribution is 6.33. The van der Waals surface area contributed by atoms with Crippen molar-refractivity contribution in [1.82, 2.24) is 15.0 Å². The van der Waals surface area contributed by atoms with E-state index in [1.807, 2.05) is 41.3 Å². The third-order valence-corrected chi connectivity index (χ3v) is 6.47. The van der Waals surface area contributed by atoms with E-state index in [0.717, 1.165) is 44.2 Å². The molecule has 0 spiro atoms. The highest BCUT2D eigenvalue weighted by Crippen LogP contribution is 2.33. The smallest absolute Gasteiger partial charge is 0.323 e. The average Bonchev–Trinajstić information content (AvgIpc) is 3.45. The second-order valence-electron chi connectivity index (χ2n) is 8.26. The minimum Gasteiger partial charge on any atom is -0.457 e. The molecule has 2 amide bonds. The molecule has 2 fully saturated rings. The van der Waals surface area contributed by atoms with Gasteiger partial charge in [-0.2, -0.15) is 0 Å². The number of nitrogens with zero attached hydrogens (tertiary/aromatic N) is 3. The number of nitrogens with one attached hydrogen (secondary N) is 1. The number of hydrogen-bond acceptors (Lipinski definition) is 5. The lowest BCUT2D eigenvalue weighted by Crippen LogP contribution is -2.36. The third-order valence-electron chi connectivity index (χ3n) is 5.95. The monoisotopic (exact) mass is 472 g/mol. The van der Waals surface area contributed by atoms with Crippen LogP contribution in [0.3, 0.4) is 0 Å². The van der Waals surface area contributed by atoms with Gasteiger partial charge in [-0.05, 0) is 53.8 Å². The first-order chi connectivity index (χ1) is 15.5. The van der Waals surface area contributed by atoms with Gasteiger partial charge in [-0.15, -0.1) is 0 Å². The van der Waals surface area contributed by atoms with Crippen molar-refractivity contribution < 1.29 is 14.1 Å². The van der Waals surface area contributed by atoms with E-state index in [1.54, 1.807) is 0 Å². The summed E-state index contributed by atoms with van der Waals surface area (Å²) in [6, 6.07) is 15.3. The summed E-state index contributed by atoms with van der Waals surface area (Å²) in [5, 5.41) is 7.40. The van der Waals surface area contributed by atoms with Crippen molar-refractivity contribution in [1.29, 1.82) is 0 Å². The molecule has 0 unspecified atom stereocenters. The van der Waals surface area contributed by atoms with Gasteiger partial charge in [0.2, 0.25) is 0 Å². The number of likely N-dealkylation sites (tertiary alicyclic amines) is 2. The van der Waals surface area contributed by atoms with Crippen LogP contribution in [-0.4, -0.2) is 47.2 Å². The number of hydrogen-bond donors (Lipinski definition) is 1. The summed E-state index contributed by atoms with van der Waals surface area (Å²) in [6.07, 6.45) is 1.29. The van der Waals surface area contributed by atoms with Crippen molar-refractivity contribution in [3.8, 4) is 11.5 Å². The van der Waals surface area contributed by atoms with Crippen LogP contribution in [0.15, 0.2) is 59.3 Å². The molecule has 0 radical (unpaired) electrons. The van der Waals surface area contributed by atoms with Crippen LogP contribution in [0.2, 0.25) is 10.0 Å². The Morgan fingerprint density at radius 2 is 1.81 bits per heavy atom. The molecule has 2 aliphatic heterocycles. The number of rotatable bonds is 5. The van der Waals surface area contributed by atoms with Crippen LogP contribution in [-0.2, 0) is 6.54 Å². The quantitative estimate of drug-likeness (QED) is 0.540. The predicted octanol–water partition coefficient (Wildman–Crippen LogP) is 5.37. The standard InChI is InChI=1S/C23H22Cl2N4O3/c24-18-4-6-19(7-5-18)32-20-3-1-2-15(8-20)9-28-10-16-12-29(13-17(16)11-28)23(30)26-22-21(25)14-31-27-22/h1-8,14,16-17H,9-13H2,(H,26,27,30)/t16-,17+. The number of ether oxygens (including phenoxy) is 1. The molecule has 1 N–H and O–H groups in total. The van der Waals surface area contributed by atoms with Gasteiger partial charge in [-0.25, -0.2) is 4.79 Å². The van der Waals surface area contributed by atoms with Crippen LogP contribution in [0.25, 0.3) is 0 Å². The molecule has 3 aromatic rings. The molecule has 32 heavy (non-hydrogen) atoms. The first-order valence-electron chi connectivity index (χ1n) is 10.4. The fourth-order valence-electron chi connectivity index (χ4n) is 4.48. The van der Waals surface area contributed by atoms with E-state index >= 15 is 0 Å². The number of amides is 2. The van der Waals surface area contributed by atoms with Crippen molar-refractivity contribution in [3.05, 3.63) is 70.4 Å². The summed E-state index contributed by atoms with van der Waals surface area (Å²) < 4.78 is 10.7. The van der Waals surface area contributed by atoms with Gasteiger partial charge in [0, 0.05) is 37.7 Å². The summed E-state index contributed by atoms with van der Waals surface area (Å²) in [5.74, 6) is 2.74. The molecule has 9 heteroatoms. The highest BCUT2D eigenvalue weighted by atomic mass is 35.5. The van der Waals surface area contributed by atoms with Crippen LogP contribution < -0.4 is 10.1 Å². The maximum absolute atomic E-state index is 12.5. The van der Waals surface area contributed by atoms with Crippen LogP contribution in [0.4, 0.5) is 10.6 Å². The molecular weight excluding hydrogens is 451 g/mol. The normalized spacial score (nSPS) is 20.4. The molecule has 2 aromatic carbocycles. The number of aromatic nitrogens is 1. The van der Waals surface area contributed by atoms with E-state index in [2.05, 4.69) is 27.5 Å². The van der Waals surface area contributed by atoms with Crippen LogP contribution in [0, 0.1) is 11.8 Å². The maximum atomic E-state index is 12.5. The number of carbonyl (C=O) groups is 1. The molecule has 2 atom stereocenters. The number of benzene rings is 2. The number of urea groups is 1. The molecule has 5 rings (SSSR count). The molecule has 7 nitrogen and oxygen atoms in total. The molecule has 166 valence electrons. The van der Waals surface area contributed by atoms with Crippen LogP contribution >= 0.6 is 23.2 Å². The van der Waals surface area contributed by atoms with Gasteiger partial charge in [-0.3, -0.25) is 10.2 Å². The summed E-state index contributed by atoms with van der Waals surface area (Å²) in [7, 11) is 0. The van der Waals surface area contributed by atoms with Gasteiger partial charge in [0.25, 0.3) is 0 Å². The first kappa shape index (κ1) is 21.1. The number of halogens is 2. The Kier molecular flexibility index (Phi) is 5.95. The molecule has 0 saturated carbocycles. The SMILES string of the molecule is O=C(Nc1nocc1Cl)N1C[C@H]2CN(Cc3cccc(Oc4ccc(Cl)cc4)c3)C[C@H]2C1. The van der Waals surface area contributed by atoms with Crippen molar-refractivity contribution >= 4 is 35.1 Å². The Bertz CT molecular complexity index is 1090. The fraction of sp³-hybridized carbons (Fsp3) is 0.304. The van der Waals surface area contributed by atoms with E-state index in [0.29, 0.717) is 21.9 Å². The Labute approximate surface area is 195 Å². The summed E-state index contributed by atoms with van der Waals surface area (Å²) in [4.78, 5) is 16.8. The van der Waals surface area contributed by atoms with Gasteiger partial charge in [0.05, 0.1) is 0 Å². The van der Waals surface area contributed by atoms with Crippen molar-refractivity contribution in [2.45, 2.75) is 6.54 Å². The first-order valence-corrected chi connectivity index (χ1v) is 11.2. The Hall–Kier alpha value is -2.74. The van der Waals surface area contributed by atoms with Crippen LogP contribution in [0.5, 0.6) is 11.5 Å². The zero-order chi connectivity index (χ0) is 22.1. The zero-order valence-corrected chi connectivity index (χ0v) is 18.7. The molecule has 0 aliphatic carbocycles. The van der Waals surface area contributed by atoms with E-state index in [4.69, 9.17) is 32.5 Å². The van der Waals surface area contributed by atoms with E-state index < -0.39 is 0 Å². The second kappa shape index (κ2) is 9.02. The van der Waals surface area contributed by atoms with Crippen LogP contribution in [0.1, 0.15) is 5.56 Å². The predicted molar refractivity (Wildman–Crippen MR) is 122 cm³/mol. The second-order valence-corrected chi connectivity index (χ2v) is 9.11. The van der Waals surface area contributed by atoms with E-state index in [-0.39, 0.29) is 11.8 Å². The Morgan fingerprint density at radius 1 is 1.06 bits per heavy atom. The maximum Gasteiger partial charge on any atom is 0.323 e. The molecule has 1 aromatic heterocycles. The number of anilines is 1. The van der Waals surface area contributed by atoms with Crippen molar-refractivity contribution in [2.24, 2.45) is 11.8 Å². The summed E-state index contributed by atoms with van der Waals surface area (Å²) in [6.45, 7) is 4.22. The lowest BCUT2D eigenvalue weighted by molar-refractivity contribution is 0.211. The third kappa shape index (κ3) is 4.70. The Balaban J connectivity index is 1.14.